The second-order valence-electron chi connectivity index (χ2n) is 16.6. The molecule has 0 radical (unpaired) electrons. The monoisotopic (exact) mass is 722 g/mol. The normalized spacial score (nSPS) is 13.5. The van der Waals surface area contributed by atoms with Crippen LogP contribution in [0.5, 0.6) is 5.75 Å². The van der Waals surface area contributed by atoms with E-state index < -0.39 is 0 Å². The fraction of sp³-hybridized carbons (Fsp3) is 0.512. The summed E-state index contributed by atoms with van der Waals surface area (Å²) in [6.07, 6.45) is 10.2. The SMILES string of the molecule is CN(CC(=O)CC(C)(C)C)c1nc(-c2cc(=O)cc[nH]2)nc2c1CCC2.COc1ccnc(-c2nc3c(c(N(C)CC(=O)CC(C)(C)C)n2)CCC3)c1. The average Bonchev–Trinajstić information content (AvgIpc) is 3.76. The van der Waals surface area contributed by atoms with Crippen LogP contribution in [0, 0.1) is 10.8 Å². The number of H-pyrrole nitrogens is 1. The van der Waals surface area contributed by atoms with Gasteiger partial charge in [0.2, 0.25) is 0 Å². The van der Waals surface area contributed by atoms with Crippen LogP contribution in [0.3, 0.4) is 0 Å². The molecular weight excluding hydrogens is 669 g/mol. The van der Waals surface area contributed by atoms with E-state index in [1.807, 2.05) is 30.0 Å². The molecule has 2 aliphatic rings. The first-order chi connectivity index (χ1) is 25.0. The summed E-state index contributed by atoms with van der Waals surface area (Å²) in [5.74, 6) is 3.87. The number of anilines is 2. The standard InChI is InChI=1S/C21H28N4O2.C20H26N4O2/c1-21(2,3)12-14(26)13-25(4)20-16-7-6-8-17(16)23-19(24-20)18-11-15(27-5)9-10-22-18;1-20(2,3)11-14(26)12-24(4)19-15-6-5-7-16(15)22-18(23-19)17-10-13(25)8-9-21-17/h9-11H,6-8,12-13H2,1-5H3;8-10H,5-7,11-12H2,1-4H3,(H,21,25). The van der Waals surface area contributed by atoms with Gasteiger partial charge in [-0.2, -0.15) is 0 Å². The molecular formula is C41H54N8O4. The lowest BCUT2D eigenvalue weighted by molar-refractivity contribution is -0.120. The molecule has 0 bridgehead atoms. The van der Waals surface area contributed by atoms with Crippen molar-refractivity contribution >= 4 is 23.2 Å². The Morgan fingerprint density at radius 3 is 1.79 bits per heavy atom. The quantitative estimate of drug-likeness (QED) is 0.188. The second-order valence-corrected chi connectivity index (χ2v) is 16.6. The molecule has 0 amide bonds. The predicted octanol–water partition coefficient (Wildman–Crippen LogP) is 6.24. The molecule has 2 aliphatic carbocycles. The van der Waals surface area contributed by atoms with Gasteiger partial charge in [0.15, 0.2) is 28.6 Å². The lowest BCUT2D eigenvalue weighted by Crippen LogP contribution is -2.30. The molecule has 0 fully saturated rings. The number of Topliss-reactive ketones (excluding diaryl/α,β-unsaturated/α-hetero) is 2. The molecule has 4 heterocycles. The summed E-state index contributed by atoms with van der Waals surface area (Å²) < 4.78 is 5.30. The molecule has 53 heavy (non-hydrogen) atoms. The molecule has 12 nitrogen and oxygen atoms in total. The molecule has 1 N–H and O–H groups in total. The van der Waals surface area contributed by atoms with Gasteiger partial charge in [-0.1, -0.05) is 41.5 Å². The molecule has 0 atom stereocenters. The van der Waals surface area contributed by atoms with Gasteiger partial charge in [0, 0.05) is 80.0 Å². The Kier molecular flexibility index (Phi) is 12.1. The number of likely N-dealkylation sites (N-methyl/N-ethyl adjacent to an activating group) is 2. The molecule has 0 unspecified atom stereocenters. The lowest BCUT2D eigenvalue weighted by atomic mass is 9.90. The van der Waals surface area contributed by atoms with Gasteiger partial charge in [0.1, 0.15) is 23.1 Å². The average molecular weight is 723 g/mol. The number of hydrogen-bond acceptors (Lipinski definition) is 11. The molecule has 282 valence electrons. The smallest absolute Gasteiger partial charge is 0.182 e. The van der Waals surface area contributed by atoms with Crippen LogP contribution in [0.1, 0.15) is 89.7 Å². The van der Waals surface area contributed by atoms with E-state index in [9.17, 15) is 14.4 Å². The number of fused-ring (bicyclic) bond motifs is 2. The third-order valence-corrected chi connectivity index (χ3v) is 9.04. The summed E-state index contributed by atoms with van der Waals surface area (Å²) in [7, 11) is 5.46. The summed E-state index contributed by atoms with van der Waals surface area (Å²) in [4.78, 5) is 66.7. The Bertz CT molecular complexity index is 2010. The molecule has 0 aliphatic heterocycles. The lowest BCUT2D eigenvalue weighted by Gasteiger charge is -2.23. The van der Waals surface area contributed by atoms with Crippen molar-refractivity contribution in [3.8, 4) is 28.8 Å². The van der Waals surface area contributed by atoms with Gasteiger partial charge in [-0.3, -0.25) is 19.4 Å². The molecule has 4 aromatic heterocycles. The van der Waals surface area contributed by atoms with Crippen LogP contribution in [0.25, 0.3) is 23.0 Å². The Morgan fingerprint density at radius 1 is 0.755 bits per heavy atom. The second kappa shape index (κ2) is 16.3. The Labute approximate surface area is 312 Å². The summed E-state index contributed by atoms with van der Waals surface area (Å²) in [5, 5.41) is 0. The number of aryl methyl sites for hydroxylation is 2. The van der Waals surface area contributed by atoms with Crippen molar-refractivity contribution in [3.63, 3.8) is 0 Å². The minimum atomic E-state index is -0.0851. The maximum Gasteiger partial charge on any atom is 0.182 e. The van der Waals surface area contributed by atoms with Crippen LogP contribution in [0.2, 0.25) is 0 Å². The molecule has 0 saturated heterocycles. The van der Waals surface area contributed by atoms with E-state index in [0.29, 0.717) is 49.0 Å². The number of aromatic nitrogens is 6. The summed E-state index contributed by atoms with van der Waals surface area (Å²) in [6, 6.07) is 6.61. The van der Waals surface area contributed by atoms with E-state index >= 15 is 0 Å². The summed E-state index contributed by atoms with van der Waals surface area (Å²) in [6.45, 7) is 13.1. The van der Waals surface area contributed by atoms with Crippen molar-refractivity contribution < 1.29 is 14.3 Å². The van der Waals surface area contributed by atoms with Crippen LogP contribution >= 0.6 is 0 Å². The van der Waals surface area contributed by atoms with Gasteiger partial charge in [-0.25, -0.2) is 19.9 Å². The fourth-order valence-corrected chi connectivity index (χ4v) is 6.90. The number of carbonyl (C=O) groups excluding carboxylic acids is 2. The first kappa shape index (κ1) is 39.2. The van der Waals surface area contributed by atoms with Crippen LogP contribution < -0.4 is 20.0 Å². The maximum atomic E-state index is 12.5. The zero-order valence-corrected chi connectivity index (χ0v) is 32.8. The van der Waals surface area contributed by atoms with Crippen molar-refractivity contribution in [2.45, 2.75) is 92.9 Å². The van der Waals surface area contributed by atoms with E-state index in [2.05, 4.69) is 56.5 Å². The van der Waals surface area contributed by atoms with E-state index in [1.165, 1.54) is 12.1 Å². The zero-order chi connectivity index (χ0) is 38.5. The number of hydrogen-bond donors (Lipinski definition) is 1. The molecule has 0 spiro atoms. The zero-order valence-electron chi connectivity index (χ0n) is 32.8. The van der Waals surface area contributed by atoms with Crippen LogP contribution in [-0.4, -0.2) is 75.8 Å². The number of methoxy groups -OCH3 is 1. The van der Waals surface area contributed by atoms with E-state index in [4.69, 9.17) is 19.7 Å². The van der Waals surface area contributed by atoms with E-state index in [-0.39, 0.29) is 27.8 Å². The number of nitrogens with one attached hydrogen (secondary N) is 1. The van der Waals surface area contributed by atoms with Gasteiger partial charge in [0.05, 0.1) is 25.9 Å². The number of pyridine rings is 2. The Morgan fingerprint density at radius 2 is 1.28 bits per heavy atom. The number of carbonyl (C=O) groups is 2. The van der Waals surface area contributed by atoms with Crippen molar-refractivity contribution in [1.29, 1.82) is 0 Å². The predicted molar refractivity (Wildman–Crippen MR) is 209 cm³/mol. The maximum absolute atomic E-state index is 12.5. The van der Waals surface area contributed by atoms with Crippen molar-refractivity contribution in [2.75, 3.05) is 44.1 Å². The van der Waals surface area contributed by atoms with Gasteiger partial charge in [0.25, 0.3) is 0 Å². The third-order valence-electron chi connectivity index (χ3n) is 9.04. The fourth-order valence-electron chi connectivity index (χ4n) is 6.90. The largest absolute Gasteiger partial charge is 0.497 e. The third kappa shape index (κ3) is 10.5. The first-order valence-electron chi connectivity index (χ1n) is 18.4. The van der Waals surface area contributed by atoms with Crippen molar-refractivity contribution in [1.82, 2.24) is 29.9 Å². The summed E-state index contributed by atoms with van der Waals surface area (Å²) in [5.41, 5.74) is 5.52. The molecule has 12 heteroatoms. The Hall–Kier alpha value is -5.00. The number of ketones is 2. The number of aromatic amines is 1. The van der Waals surface area contributed by atoms with Gasteiger partial charge >= 0.3 is 0 Å². The number of rotatable bonds is 11. The molecule has 0 aromatic carbocycles. The minimum Gasteiger partial charge on any atom is -0.497 e. The number of ether oxygens (including phenoxy) is 1. The highest BCUT2D eigenvalue weighted by molar-refractivity contribution is 5.84. The van der Waals surface area contributed by atoms with Gasteiger partial charge < -0.3 is 19.5 Å². The van der Waals surface area contributed by atoms with Crippen LogP contribution in [0.4, 0.5) is 11.6 Å². The first-order valence-corrected chi connectivity index (χ1v) is 18.4. The van der Waals surface area contributed by atoms with Gasteiger partial charge in [-0.15, -0.1) is 0 Å². The molecule has 0 saturated carbocycles. The van der Waals surface area contributed by atoms with E-state index in [0.717, 1.165) is 78.4 Å². The van der Waals surface area contributed by atoms with Crippen LogP contribution in [0.15, 0.2) is 41.5 Å². The van der Waals surface area contributed by atoms with Gasteiger partial charge in [-0.05, 0) is 55.4 Å². The van der Waals surface area contributed by atoms with Crippen molar-refractivity contribution in [2.24, 2.45) is 10.8 Å². The molecule has 6 rings (SSSR count). The summed E-state index contributed by atoms with van der Waals surface area (Å²) >= 11 is 0. The highest BCUT2D eigenvalue weighted by atomic mass is 16.5. The topological polar surface area (TPSA) is 147 Å². The minimum absolute atomic E-state index is 0.0127. The highest BCUT2D eigenvalue weighted by Gasteiger charge is 2.26. The van der Waals surface area contributed by atoms with Crippen molar-refractivity contribution in [3.05, 3.63) is 69.4 Å². The van der Waals surface area contributed by atoms with E-state index in [1.54, 1.807) is 25.6 Å². The Balaban J connectivity index is 0.000000204. The van der Waals surface area contributed by atoms with Crippen LogP contribution in [-0.2, 0) is 35.3 Å². The number of nitrogens with zero attached hydrogens (tertiary/aromatic N) is 7. The highest BCUT2D eigenvalue weighted by Crippen LogP contribution is 2.33. The molecule has 4 aromatic rings.